The van der Waals surface area contributed by atoms with E-state index in [4.69, 9.17) is 11.6 Å². The van der Waals surface area contributed by atoms with Crippen LogP contribution in [0.4, 0.5) is 5.69 Å². The van der Waals surface area contributed by atoms with Crippen molar-refractivity contribution < 1.29 is 9.90 Å². The van der Waals surface area contributed by atoms with E-state index in [1.54, 1.807) is 0 Å². The van der Waals surface area contributed by atoms with Crippen LogP contribution < -0.4 is 5.32 Å². The molecule has 2 rings (SSSR count). The summed E-state index contributed by atoms with van der Waals surface area (Å²) in [5.74, 6) is -0.465. The third kappa shape index (κ3) is 3.31. The summed E-state index contributed by atoms with van der Waals surface area (Å²) in [7, 11) is 0. The van der Waals surface area contributed by atoms with Crippen molar-refractivity contribution in [3.8, 4) is 5.75 Å². The zero-order valence-electron chi connectivity index (χ0n) is 11.4. The number of aryl methyl sites for hydroxylation is 2. The van der Waals surface area contributed by atoms with Crippen LogP contribution in [0.3, 0.4) is 0 Å². The maximum atomic E-state index is 12.2. The Morgan fingerprint density at radius 3 is 2.70 bits per heavy atom. The molecule has 3 nitrogen and oxygen atoms in total. The van der Waals surface area contributed by atoms with Crippen LogP contribution in [0.1, 0.15) is 28.4 Å². The Hall–Kier alpha value is -2.00. The molecule has 0 saturated heterocycles. The number of phenols is 1. The first-order chi connectivity index (χ1) is 9.49. The molecule has 1 amide bonds. The minimum Gasteiger partial charge on any atom is -0.507 e. The van der Waals surface area contributed by atoms with Crippen LogP contribution >= 0.6 is 11.6 Å². The van der Waals surface area contributed by atoms with Crippen molar-refractivity contribution in [3.63, 3.8) is 0 Å². The Bertz CT molecular complexity index is 653. The molecular weight excluding hydrogens is 274 g/mol. The predicted octanol–water partition coefficient (Wildman–Crippen LogP) is 4.17. The number of rotatable bonds is 3. The monoisotopic (exact) mass is 289 g/mol. The Balaban J connectivity index is 2.27. The summed E-state index contributed by atoms with van der Waals surface area (Å²) in [6, 6.07) is 10.3. The fourth-order valence-corrected chi connectivity index (χ4v) is 2.20. The van der Waals surface area contributed by atoms with Gasteiger partial charge in [0.05, 0.1) is 5.56 Å². The molecule has 2 aromatic rings. The Morgan fingerprint density at radius 1 is 1.25 bits per heavy atom. The lowest BCUT2D eigenvalue weighted by Crippen LogP contribution is -2.12. The second kappa shape index (κ2) is 5.97. The number of halogens is 1. The minimum absolute atomic E-state index is 0.0877. The summed E-state index contributed by atoms with van der Waals surface area (Å²) in [5, 5.41) is 12.9. The van der Waals surface area contributed by atoms with E-state index in [1.807, 2.05) is 19.1 Å². The summed E-state index contributed by atoms with van der Waals surface area (Å²) >= 11 is 5.85. The van der Waals surface area contributed by atoms with Gasteiger partial charge in [-0.25, -0.2) is 0 Å². The molecule has 2 aromatic carbocycles. The normalized spacial score (nSPS) is 10.3. The number of carbonyl (C=O) groups is 1. The molecule has 0 aromatic heterocycles. The van der Waals surface area contributed by atoms with Crippen molar-refractivity contribution >= 4 is 23.2 Å². The topological polar surface area (TPSA) is 49.3 Å². The van der Waals surface area contributed by atoms with E-state index in [0.29, 0.717) is 10.7 Å². The Labute approximate surface area is 123 Å². The number of hydrogen-bond donors (Lipinski definition) is 2. The molecule has 0 aliphatic carbocycles. The van der Waals surface area contributed by atoms with E-state index in [9.17, 15) is 9.90 Å². The molecule has 0 aliphatic heterocycles. The zero-order valence-corrected chi connectivity index (χ0v) is 12.2. The van der Waals surface area contributed by atoms with Gasteiger partial charge in [-0.3, -0.25) is 4.79 Å². The third-order valence-corrected chi connectivity index (χ3v) is 3.24. The van der Waals surface area contributed by atoms with Crippen LogP contribution in [0.25, 0.3) is 0 Å². The van der Waals surface area contributed by atoms with Crippen molar-refractivity contribution in [2.45, 2.75) is 20.3 Å². The highest BCUT2D eigenvalue weighted by molar-refractivity contribution is 6.31. The fraction of sp³-hybridized carbons (Fsp3) is 0.188. The molecule has 2 N–H and O–H groups in total. The van der Waals surface area contributed by atoms with E-state index in [2.05, 4.69) is 18.3 Å². The minimum atomic E-state index is -0.377. The van der Waals surface area contributed by atoms with Crippen LogP contribution in [-0.2, 0) is 6.42 Å². The van der Waals surface area contributed by atoms with Gasteiger partial charge in [-0.1, -0.05) is 24.6 Å². The largest absolute Gasteiger partial charge is 0.507 e. The molecule has 0 aliphatic rings. The van der Waals surface area contributed by atoms with Gasteiger partial charge in [0.15, 0.2) is 0 Å². The maximum absolute atomic E-state index is 12.2. The Morgan fingerprint density at radius 2 is 2.00 bits per heavy atom. The van der Waals surface area contributed by atoms with Gasteiger partial charge in [-0.15, -0.1) is 0 Å². The highest BCUT2D eigenvalue weighted by Gasteiger charge is 2.12. The number of anilines is 1. The molecule has 104 valence electrons. The quantitative estimate of drug-likeness (QED) is 0.891. The lowest BCUT2D eigenvalue weighted by atomic mass is 10.1. The number of aromatic hydroxyl groups is 1. The maximum Gasteiger partial charge on any atom is 0.259 e. The molecule has 0 bridgehead atoms. The molecule has 0 radical (unpaired) electrons. The molecule has 0 spiro atoms. The average molecular weight is 290 g/mol. The van der Waals surface area contributed by atoms with E-state index in [1.165, 1.54) is 18.2 Å². The average Bonchev–Trinajstić information content (AvgIpc) is 2.40. The smallest absolute Gasteiger partial charge is 0.259 e. The predicted molar refractivity (Wildman–Crippen MR) is 81.6 cm³/mol. The van der Waals surface area contributed by atoms with E-state index < -0.39 is 0 Å². The second-order valence-electron chi connectivity index (χ2n) is 4.68. The first kappa shape index (κ1) is 14.4. The van der Waals surface area contributed by atoms with Crippen LogP contribution in [0.15, 0.2) is 36.4 Å². The highest BCUT2D eigenvalue weighted by Crippen LogP contribution is 2.23. The van der Waals surface area contributed by atoms with Crippen molar-refractivity contribution in [1.82, 2.24) is 0 Å². The summed E-state index contributed by atoms with van der Waals surface area (Å²) in [4.78, 5) is 12.2. The van der Waals surface area contributed by atoms with E-state index >= 15 is 0 Å². The summed E-state index contributed by atoms with van der Waals surface area (Å²) in [5.41, 5.74) is 3.11. The van der Waals surface area contributed by atoms with Gasteiger partial charge >= 0.3 is 0 Å². The molecule has 0 fully saturated rings. The first-order valence-corrected chi connectivity index (χ1v) is 6.78. The SMILES string of the molecule is CCc1cc(C)cc(NC(=O)c2cc(Cl)ccc2O)c1. The summed E-state index contributed by atoms with van der Waals surface area (Å²) in [6.07, 6.45) is 0.896. The van der Waals surface area contributed by atoms with Crippen molar-refractivity contribution in [2.24, 2.45) is 0 Å². The Kier molecular flexibility index (Phi) is 4.30. The van der Waals surface area contributed by atoms with Crippen LogP contribution in [0, 0.1) is 6.92 Å². The second-order valence-corrected chi connectivity index (χ2v) is 5.11. The fourth-order valence-electron chi connectivity index (χ4n) is 2.03. The molecule has 0 unspecified atom stereocenters. The van der Waals surface area contributed by atoms with Gasteiger partial charge in [0.1, 0.15) is 5.75 Å². The third-order valence-electron chi connectivity index (χ3n) is 3.01. The lowest BCUT2D eigenvalue weighted by Gasteiger charge is -2.09. The molecule has 0 saturated carbocycles. The van der Waals surface area contributed by atoms with Crippen LogP contribution in [0.5, 0.6) is 5.75 Å². The van der Waals surface area contributed by atoms with E-state index in [0.717, 1.165) is 17.5 Å². The van der Waals surface area contributed by atoms with Gasteiger partial charge in [-0.2, -0.15) is 0 Å². The van der Waals surface area contributed by atoms with Gasteiger partial charge in [0, 0.05) is 10.7 Å². The number of nitrogens with one attached hydrogen (secondary N) is 1. The molecule has 4 heteroatoms. The van der Waals surface area contributed by atoms with Crippen LogP contribution in [-0.4, -0.2) is 11.0 Å². The van der Waals surface area contributed by atoms with Crippen molar-refractivity contribution in [3.05, 3.63) is 58.1 Å². The van der Waals surface area contributed by atoms with Gasteiger partial charge in [-0.05, 0) is 54.8 Å². The lowest BCUT2D eigenvalue weighted by molar-refractivity contribution is 0.102. The number of phenolic OH excluding ortho intramolecular Hbond substituents is 1. The van der Waals surface area contributed by atoms with Crippen molar-refractivity contribution in [2.75, 3.05) is 5.32 Å². The molecule has 0 heterocycles. The van der Waals surface area contributed by atoms with Gasteiger partial charge < -0.3 is 10.4 Å². The van der Waals surface area contributed by atoms with E-state index in [-0.39, 0.29) is 17.2 Å². The zero-order chi connectivity index (χ0) is 14.7. The first-order valence-electron chi connectivity index (χ1n) is 6.40. The molecule has 0 atom stereocenters. The van der Waals surface area contributed by atoms with Gasteiger partial charge in [0.2, 0.25) is 0 Å². The molecule has 20 heavy (non-hydrogen) atoms. The summed E-state index contributed by atoms with van der Waals surface area (Å²) < 4.78 is 0. The number of hydrogen-bond acceptors (Lipinski definition) is 2. The standard InChI is InChI=1S/C16H16ClNO2/c1-3-11-6-10(2)7-13(8-11)18-16(20)14-9-12(17)4-5-15(14)19/h4-9,19H,3H2,1-2H3,(H,18,20). The number of benzene rings is 2. The van der Waals surface area contributed by atoms with Crippen LogP contribution in [0.2, 0.25) is 5.02 Å². The highest BCUT2D eigenvalue weighted by atomic mass is 35.5. The number of amides is 1. The van der Waals surface area contributed by atoms with Crippen molar-refractivity contribution in [1.29, 1.82) is 0 Å². The van der Waals surface area contributed by atoms with Gasteiger partial charge in [0.25, 0.3) is 5.91 Å². The summed E-state index contributed by atoms with van der Waals surface area (Å²) in [6.45, 7) is 4.04. The number of carbonyl (C=O) groups excluding carboxylic acids is 1. The molecular formula is C16H16ClNO2.